The van der Waals surface area contributed by atoms with Gasteiger partial charge in [-0.05, 0) is 6.08 Å². The van der Waals surface area contributed by atoms with Crippen molar-refractivity contribution in [1.29, 1.82) is 0 Å². The fraction of sp³-hybridized carbons (Fsp3) is 0.286. The SMILES string of the molecule is O=C1CC=CC2=C1NCS2. The molecule has 0 fully saturated rings. The fourth-order valence-corrected chi connectivity index (χ4v) is 1.98. The zero-order chi connectivity index (χ0) is 6.97. The first-order valence-corrected chi connectivity index (χ1v) is 4.17. The summed E-state index contributed by atoms with van der Waals surface area (Å²) in [7, 11) is 0. The Kier molecular flexibility index (Phi) is 1.31. The van der Waals surface area contributed by atoms with Crippen LogP contribution >= 0.6 is 11.8 Å². The molecule has 1 aliphatic heterocycles. The summed E-state index contributed by atoms with van der Waals surface area (Å²) in [6.45, 7) is 0. The maximum absolute atomic E-state index is 11.1. The average Bonchev–Trinajstić information content (AvgIpc) is 2.36. The zero-order valence-corrected chi connectivity index (χ0v) is 6.20. The summed E-state index contributed by atoms with van der Waals surface area (Å²) in [4.78, 5) is 12.2. The van der Waals surface area contributed by atoms with Crippen molar-refractivity contribution in [1.82, 2.24) is 5.32 Å². The number of carbonyl (C=O) groups is 1. The fourth-order valence-electron chi connectivity index (χ4n) is 1.09. The quantitative estimate of drug-likeness (QED) is 0.563. The highest BCUT2D eigenvalue weighted by atomic mass is 32.2. The predicted molar refractivity (Wildman–Crippen MR) is 41.4 cm³/mol. The van der Waals surface area contributed by atoms with E-state index in [-0.39, 0.29) is 5.78 Å². The first-order chi connectivity index (χ1) is 4.88. The van der Waals surface area contributed by atoms with Crippen LogP contribution in [0, 0.1) is 0 Å². The third kappa shape index (κ3) is 0.778. The summed E-state index contributed by atoms with van der Waals surface area (Å²) in [5.74, 6) is 1.07. The third-order valence-corrected chi connectivity index (χ3v) is 2.51. The molecular weight excluding hydrogens is 146 g/mol. The number of allylic oxidation sites excluding steroid dienone is 3. The number of carbonyl (C=O) groups excluding carboxylic acids is 1. The Morgan fingerprint density at radius 1 is 1.60 bits per heavy atom. The number of ketones is 1. The van der Waals surface area contributed by atoms with Crippen LogP contribution in [0.5, 0.6) is 0 Å². The predicted octanol–water partition coefficient (Wildman–Crippen LogP) is 1.02. The Morgan fingerprint density at radius 2 is 2.50 bits per heavy atom. The lowest BCUT2D eigenvalue weighted by Gasteiger charge is -2.04. The van der Waals surface area contributed by atoms with Gasteiger partial charge in [-0.1, -0.05) is 6.08 Å². The zero-order valence-electron chi connectivity index (χ0n) is 5.39. The molecule has 3 heteroatoms. The van der Waals surface area contributed by atoms with E-state index in [0.29, 0.717) is 6.42 Å². The summed E-state index contributed by atoms with van der Waals surface area (Å²) in [6.07, 6.45) is 4.50. The van der Waals surface area contributed by atoms with Crippen molar-refractivity contribution in [2.75, 3.05) is 5.88 Å². The van der Waals surface area contributed by atoms with E-state index in [4.69, 9.17) is 0 Å². The molecule has 0 aromatic heterocycles. The lowest BCUT2D eigenvalue weighted by Crippen LogP contribution is -2.16. The molecule has 52 valence electrons. The van der Waals surface area contributed by atoms with E-state index in [1.165, 1.54) is 0 Å². The molecule has 0 amide bonds. The van der Waals surface area contributed by atoms with Crippen molar-refractivity contribution >= 4 is 17.5 Å². The van der Waals surface area contributed by atoms with E-state index < -0.39 is 0 Å². The lowest BCUT2D eigenvalue weighted by atomic mass is 10.1. The van der Waals surface area contributed by atoms with Gasteiger partial charge in [-0.3, -0.25) is 4.79 Å². The Bertz CT molecular complexity index is 242. The Labute approximate surface area is 63.4 Å². The van der Waals surface area contributed by atoms with Crippen LogP contribution < -0.4 is 5.32 Å². The second kappa shape index (κ2) is 2.16. The van der Waals surface area contributed by atoms with Gasteiger partial charge in [0, 0.05) is 11.3 Å². The highest BCUT2D eigenvalue weighted by Gasteiger charge is 2.20. The molecule has 0 atom stereocenters. The number of nitrogens with one attached hydrogen (secondary N) is 1. The van der Waals surface area contributed by atoms with Gasteiger partial charge >= 0.3 is 0 Å². The first-order valence-electron chi connectivity index (χ1n) is 3.18. The molecule has 0 radical (unpaired) electrons. The molecule has 2 aliphatic rings. The van der Waals surface area contributed by atoms with Crippen molar-refractivity contribution in [2.45, 2.75) is 6.42 Å². The molecule has 0 spiro atoms. The van der Waals surface area contributed by atoms with E-state index in [0.717, 1.165) is 16.5 Å². The molecule has 2 rings (SSSR count). The number of hydrogen-bond donors (Lipinski definition) is 1. The van der Waals surface area contributed by atoms with Gasteiger partial charge in [0.2, 0.25) is 0 Å². The van der Waals surface area contributed by atoms with E-state index in [1.54, 1.807) is 11.8 Å². The monoisotopic (exact) mass is 153 g/mol. The van der Waals surface area contributed by atoms with Gasteiger partial charge in [-0.15, -0.1) is 11.8 Å². The number of rotatable bonds is 0. The van der Waals surface area contributed by atoms with Crippen LogP contribution in [0.3, 0.4) is 0 Å². The molecule has 1 heterocycles. The lowest BCUT2D eigenvalue weighted by molar-refractivity contribution is -0.115. The van der Waals surface area contributed by atoms with Crippen LogP contribution in [-0.4, -0.2) is 11.7 Å². The summed E-state index contributed by atoms with van der Waals surface area (Å²) in [5.41, 5.74) is 0.826. The minimum atomic E-state index is 0.225. The van der Waals surface area contributed by atoms with Crippen molar-refractivity contribution < 1.29 is 4.79 Å². The van der Waals surface area contributed by atoms with Gasteiger partial charge in [-0.25, -0.2) is 0 Å². The molecular formula is C7H7NOS. The van der Waals surface area contributed by atoms with E-state index >= 15 is 0 Å². The minimum absolute atomic E-state index is 0.225. The molecule has 0 unspecified atom stereocenters. The molecule has 0 aromatic carbocycles. The second-order valence-electron chi connectivity index (χ2n) is 2.23. The second-order valence-corrected chi connectivity index (χ2v) is 3.25. The molecule has 0 bridgehead atoms. The average molecular weight is 153 g/mol. The molecule has 0 aromatic rings. The number of Topliss-reactive ketones (excluding diaryl/α,β-unsaturated/α-hetero) is 1. The van der Waals surface area contributed by atoms with Crippen molar-refractivity contribution in [3.05, 3.63) is 22.8 Å². The maximum atomic E-state index is 11.1. The van der Waals surface area contributed by atoms with Gasteiger partial charge in [0.15, 0.2) is 5.78 Å². The van der Waals surface area contributed by atoms with Crippen LogP contribution in [0.15, 0.2) is 22.8 Å². The minimum Gasteiger partial charge on any atom is -0.372 e. The van der Waals surface area contributed by atoms with Crippen LogP contribution in [0.4, 0.5) is 0 Å². The molecule has 0 saturated heterocycles. The number of hydrogen-bond acceptors (Lipinski definition) is 3. The van der Waals surface area contributed by atoms with Crippen molar-refractivity contribution in [3.63, 3.8) is 0 Å². The van der Waals surface area contributed by atoms with E-state index in [1.807, 2.05) is 12.2 Å². The van der Waals surface area contributed by atoms with Crippen molar-refractivity contribution in [3.8, 4) is 0 Å². The van der Waals surface area contributed by atoms with Gasteiger partial charge in [0.1, 0.15) is 0 Å². The van der Waals surface area contributed by atoms with Gasteiger partial charge < -0.3 is 5.32 Å². The van der Waals surface area contributed by atoms with Crippen molar-refractivity contribution in [2.24, 2.45) is 0 Å². The Balaban J connectivity index is 2.39. The van der Waals surface area contributed by atoms with Gasteiger partial charge in [0.05, 0.1) is 11.6 Å². The summed E-state index contributed by atoms with van der Waals surface area (Å²) in [5, 5.41) is 3.05. The third-order valence-electron chi connectivity index (χ3n) is 1.57. The van der Waals surface area contributed by atoms with Crippen LogP contribution in [0.2, 0.25) is 0 Å². The Morgan fingerprint density at radius 3 is 3.30 bits per heavy atom. The molecule has 1 aliphatic carbocycles. The Hall–Kier alpha value is -0.700. The standard InChI is InChI=1S/C7H7NOS/c9-5-2-1-3-6-7(5)8-4-10-6/h1,3,8H,2,4H2. The summed E-state index contributed by atoms with van der Waals surface area (Å²) in [6, 6.07) is 0. The van der Waals surface area contributed by atoms with Gasteiger partial charge in [-0.2, -0.15) is 0 Å². The van der Waals surface area contributed by atoms with E-state index in [2.05, 4.69) is 5.32 Å². The largest absolute Gasteiger partial charge is 0.372 e. The highest BCUT2D eigenvalue weighted by Crippen LogP contribution is 2.29. The molecule has 10 heavy (non-hydrogen) atoms. The number of thioether (sulfide) groups is 1. The molecule has 2 nitrogen and oxygen atoms in total. The van der Waals surface area contributed by atoms with Crippen LogP contribution in [0.25, 0.3) is 0 Å². The maximum Gasteiger partial charge on any atom is 0.183 e. The van der Waals surface area contributed by atoms with Crippen LogP contribution in [-0.2, 0) is 4.79 Å². The van der Waals surface area contributed by atoms with E-state index in [9.17, 15) is 4.79 Å². The highest BCUT2D eigenvalue weighted by molar-refractivity contribution is 8.03. The van der Waals surface area contributed by atoms with Gasteiger partial charge in [0.25, 0.3) is 0 Å². The van der Waals surface area contributed by atoms with Crippen LogP contribution in [0.1, 0.15) is 6.42 Å². The normalized spacial score (nSPS) is 23.0. The molecule has 1 N–H and O–H groups in total. The summed E-state index contributed by atoms with van der Waals surface area (Å²) < 4.78 is 0. The topological polar surface area (TPSA) is 29.1 Å². The smallest absolute Gasteiger partial charge is 0.183 e. The summed E-state index contributed by atoms with van der Waals surface area (Å²) >= 11 is 1.69. The first kappa shape index (κ1) is 6.04. The molecule has 0 saturated carbocycles.